The molecule has 0 radical (unpaired) electrons. The van der Waals surface area contributed by atoms with Crippen LogP contribution in [0, 0.1) is 13.8 Å². The maximum absolute atomic E-state index is 12.3. The van der Waals surface area contributed by atoms with Crippen molar-refractivity contribution in [3.8, 4) is 0 Å². The van der Waals surface area contributed by atoms with Gasteiger partial charge in [-0.15, -0.1) is 0 Å². The summed E-state index contributed by atoms with van der Waals surface area (Å²) in [5, 5.41) is 3.04. The van der Waals surface area contributed by atoms with Crippen LogP contribution in [0.3, 0.4) is 0 Å². The Bertz CT molecular complexity index is 581. The number of urea groups is 1. The molecule has 2 amide bonds. The quantitative estimate of drug-likeness (QED) is 0.900. The average molecular weight is 347 g/mol. The summed E-state index contributed by atoms with van der Waals surface area (Å²) < 4.78 is 5.71. The number of carbonyl (C=O) groups is 1. The van der Waals surface area contributed by atoms with Crippen LogP contribution in [0.2, 0.25) is 0 Å². The van der Waals surface area contributed by atoms with Gasteiger partial charge >= 0.3 is 6.03 Å². The molecule has 0 saturated carbocycles. The van der Waals surface area contributed by atoms with E-state index in [4.69, 9.17) is 4.74 Å². The zero-order valence-electron chi connectivity index (χ0n) is 15.3. The average Bonchev–Trinajstić information content (AvgIpc) is 2.65. The van der Waals surface area contributed by atoms with Crippen molar-refractivity contribution >= 4 is 11.8 Å². The van der Waals surface area contributed by atoms with Gasteiger partial charge in [-0.3, -0.25) is 0 Å². The van der Waals surface area contributed by atoms with E-state index in [1.807, 2.05) is 11.8 Å². The van der Waals surface area contributed by atoms with Gasteiger partial charge in [0.15, 0.2) is 0 Å². The van der Waals surface area contributed by atoms with Crippen molar-refractivity contribution in [3.05, 3.63) is 17.6 Å². The Balaban J connectivity index is 1.42. The van der Waals surface area contributed by atoms with Gasteiger partial charge in [0.25, 0.3) is 0 Å². The van der Waals surface area contributed by atoms with Crippen molar-refractivity contribution in [1.82, 2.24) is 20.2 Å². The van der Waals surface area contributed by atoms with E-state index in [1.165, 1.54) is 12.8 Å². The van der Waals surface area contributed by atoms with Gasteiger partial charge in [0.1, 0.15) is 12.1 Å². The minimum atomic E-state index is 0.0334. The molecular weight excluding hydrogens is 318 g/mol. The molecule has 0 bridgehead atoms. The largest absolute Gasteiger partial charge is 0.378 e. The number of amides is 2. The van der Waals surface area contributed by atoms with E-state index < -0.39 is 0 Å². The van der Waals surface area contributed by atoms with Crippen molar-refractivity contribution in [1.29, 1.82) is 0 Å². The molecule has 2 aliphatic heterocycles. The molecule has 1 unspecified atom stereocenters. The van der Waals surface area contributed by atoms with Crippen LogP contribution in [0.15, 0.2) is 6.33 Å². The molecule has 1 N–H and O–H groups in total. The Morgan fingerprint density at radius 3 is 2.76 bits per heavy atom. The maximum Gasteiger partial charge on any atom is 0.317 e. The molecule has 3 heterocycles. The number of piperazine rings is 1. The highest BCUT2D eigenvalue weighted by Gasteiger charge is 2.23. The van der Waals surface area contributed by atoms with Crippen LogP contribution >= 0.6 is 0 Å². The number of hydrogen-bond donors (Lipinski definition) is 1. The number of rotatable bonds is 4. The Labute approximate surface area is 149 Å². The summed E-state index contributed by atoms with van der Waals surface area (Å²) in [6, 6.07) is 0.0334. The fourth-order valence-corrected chi connectivity index (χ4v) is 3.45. The third-order valence-electron chi connectivity index (χ3n) is 5.19. The third kappa shape index (κ3) is 4.60. The standard InChI is InChI=1S/C18H29N5O2/c1-14-15(2)20-13-21-17(14)22-8-10-23(11-9-22)18(24)19-7-6-16-5-3-4-12-25-16/h13,16H,3-12H2,1-2H3,(H,19,24). The minimum absolute atomic E-state index is 0.0334. The van der Waals surface area contributed by atoms with Gasteiger partial charge in [0.2, 0.25) is 0 Å². The van der Waals surface area contributed by atoms with E-state index in [-0.39, 0.29) is 6.03 Å². The van der Waals surface area contributed by atoms with Crippen LogP contribution in [0.5, 0.6) is 0 Å². The molecule has 2 aliphatic rings. The number of nitrogens with zero attached hydrogens (tertiary/aromatic N) is 4. The fraction of sp³-hybridized carbons (Fsp3) is 0.722. The smallest absolute Gasteiger partial charge is 0.317 e. The van der Waals surface area contributed by atoms with Crippen LogP contribution in [0.4, 0.5) is 10.6 Å². The van der Waals surface area contributed by atoms with E-state index in [2.05, 4.69) is 27.1 Å². The summed E-state index contributed by atoms with van der Waals surface area (Å²) in [6.45, 7) is 8.64. The fourth-order valence-electron chi connectivity index (χ4n) is 3.45. The van der Waals surface area contributed by atoms with E-state index in [9.17, 15) is 4.79 Å². The zero-order chi connectivity index (χ0) is 17.6. The van der Waals surface area contributed by atoms with Gasteiger partial charge < -0.3 is 19.9 Å². The molecule has 1 aromatic rings. The lowest BCUT2D eigenvalue weighted by Crippen LogP contribution is -2.52. The number of aryl methyl sites for hydroxylation is 1. The van der Waals surface area contributed by atoms with Gasteiger partial charge in [-0.05, 0) is 39.5 Å². The Morgan fingerprint density at radius 2 is 2.04 bits per heavy atom. The highest BCUT2D eigenvalue weighted by Crippen LogP contribution is 2.19. The number of aromatic nitrogens is 2. The van der Waals surface area contributed by atoms with Crippen LogP contribution in [0.25, 0.3) is 0 Å². The molecule has 7 heteroatoms. The van der Waals surface area contributed by atoms with Crippen molar-refractivity contribution in [2.75, 3.05) is 44.2 Å². The SMILES string of the molecule is Cc1ncnc(N2CCN(C(=O)NCCC3CCCCO3)CC2)c1C. The normalized spacial score (nSPS) is 21.3. The molecule has 2 saturated heterocycles. The zero-order valence-corrected chi connectivity index (χ0v) is 15.3. The molecule has 0 aromatic carbocycles. The first-order valence-corrected chi connectivity index (χ1v) is 9.32. The van der Waals surface area contributed by atoms with Crippen molar-refractivity contribution in [3.63, 3.8) is 0 Å². The summed E-state index contributed by atoms with van der Waals surface area (Å²) >= 11 is 0. The summed E-state index contributed by atoms with van der Waals surface area (Å²) in [7, 11) is 0. The summed E-state index contributed by atoms with van der Waals surface area (Å²) in [5.41, 5.74) is 2.13. The van der Waals surface area contributed by atoms with Crippen LogP contribution in [-0.4, -0.2) is 66.3 Å². The first-order valence-electron chi connectivity index (χ1n) is 9.32. The van der Waals surface area contributed by atoms with Gasteiger partial charge in [-0.25, -0.2) is 14.8 Å². The highest BCUT2D eigenvalue weighted by molar-refractivity contribution is 5.74. The molecule has 7 nitrogen and oxygen atoms in total. The van der Waals surface area contributed by atoms with Gasteiger partial charge in [0, 0.05) is 50.6 Å². The van der Waals surface area contributed by atoms with E-state index in [0.717, 1.165) is 49.6 Å². The first kappa shape index (κ1) is 17.9. The van der Waals surface area contributed by atoms with Gasteiger partial charge in [-0.2, -0.15) is 0 Å². The number of carbonyl (C=O) groups excluding carboxylic acids is 1. The Morgan fingerprint density at radius 1 is 1.24 bits per heavy atom. The number of ether oxygens (including phenoxy) is 1. The second kappa shape index (κ2) is 8.47. The summed E-state index contributed by atoms with van der Waals surface area (Å²) in [4.78, 5) is 25.1. The molecule has 3 rings (SSSR count). The molecule has 0 spiro atoms. The predicted molar refractivity (Wildman–Crippen MR) is 96.9 cm³/mol. The van der Waals surface area contributed by atoms with Crippen molar-refractivity contribution in [2.24, 2.45) is 0 Å². The van der Waals surface area contributed by atoms with Crippen molar-refractivity contribution in [2.45, 2.75) is 45.6 Å². The number of anilines is 1. The maximum atomic E-state index is 12.3. The van der Waals surface area contributed by atoms with Crippen LogP contribution < -0.4 is 10.2 Å². The predicted octanol–water partition coefficient (Wildman–Crippen LogP) is 1.88. The van der Waals surface area contributed by atoms with E-state index >= 15 is 0 Å². The van der Waals surface area contributed by atoms with E-state index in [1.54, 1.807) is 6.33 Å². The lowest BCUT2D eigenvalue weighted by Gasteiger charge is -2.36. The first-order chi connectivity index (χ1) is 12.1. The second-order valence-electron chi connectivity index (χ2n) is 6.89. The lowest BCUT2D eigenvalue weighted by molar-refractivity contribution is 0.0118. The highest BCUT2D eigenvalue weighted by atomic mass is 16.5. The topological polar surface area (TPSA) is 70.6 Å². The summed E-state index contributed by atoms with van der Waals surface area (Å²) in [6.07, 6.45) is 6.36. The summed E-state index contributed by atoms with van der Waals surface area (Å²) in [5.74, 6) is 0.988. The van der Waals surface area contributed by atoms with Gasteiger partial charge in [0.05, 0.1) is 6.10 Å². The molecule has 1 atom stereocenters. The van der Waals surface area contributed by atoms with Crippen LogP contribution in [0.1, 0.15) is 36.9 Å². The molecule has 1 aromatic heterocycles. The molecule has 0 aliphatic carbocycles. The van der Waals surface area contributed by atoms with E-state index in [0.29, 0.717) is 25.7 Å². The van der Waals surface area contributed by atoms with Gasteiger partial charge in [-0.1, -0.05) is 0 Å². The molecular formula is C18H29N5O2. The number of hydrogen-bond acceptors (Lipinski definition) is 5. The molecule has 25 heavy (non-hydrogen) atoms. The van der Waals surface area contributed by atoms with Crippen LogP contribution in [-0.2, 0) is 4.74 Å². The second-order valence-corrected chi connectivity index (χ2v) is 6.89. The lowest BCUT2D eigenvalue weighted by atomic mass is 10.1. The Kier molecular flexibility index (Phi) is 6.07. The minimum Gasteiger partial charge on any atom is -0.378 e. The Hall–Kier alpha value is -1.89. The molecule has 138 valence electrons. The van der Waals surface area contributed by atoms with Crippen molar-refractivity contribution < 1.29 is 9.53 Å². The molecule has 2 fully saturated rings. The monoisotopic (exact) mass is 347 g/mol. The number of nitrogens with one attached hydrogen (secondary N) is 1. The third-order valence-corrected chi connectivity index (χ3v) is 5.19.